The van der Waals surface area contributed by atoms with Gasteiger partial charge in [-0.25, -0.2) is 0 Å². The van der Waals surface area contributed by atoms with Gasteiger partial charge in [-0.05, 0) is 25.1 Å². The van der Waals surface area contributed by atoms with Crippen LogP contribution >= 0.6 is 0 Å². The van der Waals surface area contributed by atoms with Gasteiger partial charge in [-0.3, -0.25) is 0 Å². The summed E-state index contributed by atoms with van der Waals surface area (Å²) in [5.41, 5.74) is 0. The number of nitrogens with one attached hydrogen (secondary N) is 1. The van der Waals surface area contributed by atoms with E-state index in [0.717, 1.165) is 13.0 Å². The standard InChI is InChI=1S/C12H19NO2/c1-10(2)13-8-5-9-15-12-7-4-3-6-11(12)14/h3-4,6-7,10,13-14H,5,8-9H2,1-2H3. The van der Waals surface area contributed by atoms with Crippen LogP contribution in [0.5, 0.6) is 11.5 Å². The average molecular weight is 209 g/mol. The molecule has 15 heavy (non-hydrogen) atoms. The van der Waals surface area contributed by atoms with Crippen LogP contribution in [0.15, 0.2) is 24.3 Å². The minimum absolute atomic E-state index is 0.203. The highest BCUT2D eigenvalue weighted by atomic mass is 16.5. The van der Waals surface area contributed by atoms with Gasteiger partial charge in [0, 0.05) is 6.04 Å². The van der Waals surface area contributed by atoms with E-state index in [9.17, 15) is 5.11 Å². The SMILES string of the molecule is CC(C)NCCCOc1ccccc1O. The van der Waals surface area contributed by atoms with Crippen molar-refractivity contribution in [1.82, 2.24) is 5.32 Å². The molecule has 0 heterocycles. The van der Waals surface area contributed by atoms with E-state index in [0.29, 0.717) is 18.4 Å². The maximum atomic E-state index is 9.41. The quantitative estimate of drug-likeness (QED) is 0.705. The Bertz CT molecular complexity index is 287. The van der Waals surface area contributed by atoms with Gasteiger partial charge in [-0.2, -0.15) is 0 Å². The molecule has 1 aromatic rings. The molecule has 0 bridgehead atoms. The first-order chi connectivity index (χ1) is 7.20. The maximum absolute atomic E-state index is 9.41. The van der Waals surface area contributed by atoms with Crippen molar-refractivity contribution >= 4 is 0 Å². The number of hydrogen-bond donors (Lipinski definition) is 2. The van der Waals surface area contributed by atoms with E-state index < -0.39 is 0 Å². The van der Waals surface area contributed by atoms with E-state index in [-0.39, 0.29) is 5.75 Å². The summed E-state index contributed by atoms with van der Waals surface area (Å²) in [7, 11) is 0. The topological polar surface area (TPSA) is 41.5 Å². The van der Waals surface area contributed by atoms with Gasteiger partial charge in [0.05, 0.1) is 6.61 Å². The molecule has 84 valence electrons. The molecule has 0 spiro atoms. The third kappa shape index (κ3) is 4.70. The Kier molecular flexibility index (Phi) is 4.98. The van der Waals surface area contributed by atoms with Crippen LogP contribution in [0.2, 0.25) is 0 Å². The molecule has 0 aliphatic carbocycles. The van der Waals surface area contributed by atoms with Crippen molar-refractivity contribution in [2.75, 3.05) is 13.2 Å². The van der Waals surface area contributed by atoms with Crippen LogP contribution in [0.4, 0.5) is 0 Å². The number of aromatic hydroxyl groups is 1. The predicted octanol–water partition coefficient (Wildman–Crippen LogP) is 2.16. The first-order valence-corrected chi connectivity index (χ1v) is 5.34. The Balaban J connectivity index is 2.18. The van der Waals surface area contributed by atoms with Gasteiger partial charge in [0.15, 0.2) is 11.5 Å². The zero-order valence-electron chi connectivity index (χ0n) is 9.36. The molecule has 0 fully saturated rings. The van der Waals surface area contributed by atoms with Crippen LogP contribution in [-0.4, -0.2) is 24.3 Å². The fourth-order valence-electron chi connectivity index (χ4n) is 1.22. The Morgan fingerprint density at radius 1 is 1.33 bits per heavy atom. The Hall–Kier alpha value is -1.22. The number of phenols is 1. The molecule has 0 amide bonds. The highest BCUT2D eigenvalue weighted by molar-refractivity contribution is 5.37. The first-order valence-electron chi connectivity index (χ1n) is 5.34. The van der Waals surface area contributed by atoms with Crippen molar-refractivity contribution in [3.63, 3.8) is 0 Å². The summed E-state index contributed by atoms with van der Waals surface area (Å²) in [5.74, 6) is 0.761. The number of ether oxygens (including phenoxy) is 1. The largest absolute Gasteiger partial charge is 0.504 e. The minimum atomic E-state index is 0.203. The third-order valence-electron chi connectivity index (χ3n) is 2.00. The molecule has 3 heteroatoms. The number of phenolic OH excluding ortho intramolecular Hbond substituents is 1. The molecular formula is C12H19NO2. The second-order valence-corrected chi connectivity index (χ2v) is 3.78. The Morgan fingerprint density at radius 3 is 2.73 bits per heavy atom. The fraction of sp³-hybridized carbons (Fsp3) is 0.500. The summed E-state index contributed by atoms with van der Waals surface area (Å²) in [5, 5.41) is 12.7. The lowest BCUT2D eigenvalue weighted by atomic mass is 10.3. The smallest absolute Gasteiger partial charge is 0.160 e. The van der Waals surface area contributed by atoms with E-state index in [4.69, 9.17) is 4.74 Å². The first kappa shape index (κ1) is 11.9. The Morgan fingerprint density at radius 2 is 2.07 bits per heavy atom. The molecule has 0 aromatic heterocycles. The molecule has 0 saturated heterocycles. The predicted molar refractivity (Wildman–Crippen MR) is 61.4 cm³/mol. The normalized spacial score (nSPS) is 10.6. The summed E-state index contributed by atoms with van der Waals surface area (Å²) in [4.78, 5) is 0. The van der Waals surface area contributed by atoms with E-state index in [1.165, 1.54) is 0 Å². The second-order valence-electron chi connectivity index (χ2n) is 3.78. The highest BCUT2D eigenvalue weighted by Gasteiger charge is 1.99. The number of hydrogen-bond acceptors (Lipinski definition) is 3. The maximum Gasteiger partial charge on any atom is 0.160 e. The minimum Gasteiger partial charge on any atom is -0.504 e. The van der Waals surface area contributed by atoms with E-state index in [1.54, 1.807) is 18.2 Å². The summed E-state index contributed by atoms with van der Waals surface area (Å²) in [6.07, 6.45) is 0.937. The zero-order chi connectivity index (χ0) is 11.1. The van der Waals surface area contributed by atoms with Gasteiger partial charge in [0.25, 0.3) is 0 Å². The molecule has 0 atom stereocenters. The number of para-hydroxylation sites is 2. The zero-order valence-corrected chi connectivity index (χ0v) is 9.36. The van der Waals surface area contributed by atoms with Gasteiger partial charge < -0.3 is 15.2 Å². The van der Waals surface area contributed by atoms with Gasteiger partial charge in [-0.1, -0.05) is 26.0 Å². The van der Waals surface area contributed by atoms with Crippen molar-refractivity contribution in [2.45, 2.75) is 26.3 Å². The van der Waals surface area contributed by atoms with Crippen molar-refractivity contribution in [2.24, 2.45) is 0 Å². The molecule has 0 radical (unpaired) electrons. The fourth-order valence-corrected chi connectivity index (χ4v) is 1.22. The van der Waals surface area contributed by atoms with Crippen molar-refractivity contribution in [3.05, 3.63) is 24.3 Å². The van der Waals surface area contributed by atoms with Gasteiger partial charge in [0.2, 0.25) is 0 Å². The number of rotatable bonds is 6. The molecule has 0 saturated carbocycles. The van der Waals surface area contributed by atoms with Crippen LogP contribution in [0.25, 0.3) is 0 Å². The van der Waals surface area contributed by atoms with Gasteiger partial charge >= 0.3 is 0 Å². The molecule has 1 rings (SSSR count). The molecule has 3 nitrogen and oxygen atoms in total. The van der Waals surface area contributed by atoms with Crippen LogP contribution in [-0.2, 0) is 0 Å². The average Bonchev–Trinajstić information content (AvgIpc) is 2.20. The lowest BCUT2D eigenvalue weighted by Crippen LogP contribution is -2.24. The summed E-state index contributed by atoms with van der Waals surface area (Å²) in [6, 6.07) is 7.53. The molecule has 1 aromatic carbocycles. The lowest BCUT2D eigenvalue weighted by Gasteiger charge is -2.09. The number of benzene rings is 1. The summed E-state index contributed by atoms with van der Waals surface area (Å²) in [6.45, 7) is 5.79. The van der Waals surface area contributed by atoms with Crippen LogP contribution in [0, 0.1) is 0 Å². The summed E-state index contributed by atoms with van der Waals surface area (Å²) >= 11 is 0. The van der Waals surface area contributed by atoms with Crippen LogP contribution < -0.4 is 10.1 Å². The summed E-state index contributed by atoms with van der Waals surface area (Å²) < 4.78 is 5.43. The van der Waals surface area contributed by atoms with E-state index >= 15 is 0 Å². The van der Waals surface area contributed by atoms with Crippen molar-refractivity contribution in [3.8, 4) is 11.5 Å². The van der Waals surface area contributed by atoms with Crippen molar-refractivity contribution < 1.29 is 9.84 Å². The molecule has 0 unspecified atom stereocenters. The van der Waals surface area contributed by atoms with E-state index in [2.05, 4.69) is 19.2 Å². The highest BCUT2D eigenvalue weighted by Crippen LogP contribution is 2.24. The van der Waals surface area contributed by atoms with Crippen LogP contribution in [0.1, 0.15) is 20.3 Å². The van der Waals surface area contributed by atoms with Crippen LogP contribution in [0.3, 0.4) is 0 Å². The van der Waals surface area contributed by atoms with E-state index in [1.807, 2.05) is 6.07 Å². The molecule has 2 N–H and O–H groups in total. The van der Waals surface area contributed by atoms with Gasteiger partial charge in [0.1, 0.15) is 0 Å². The van der Waals surface area contributed by atoms with Gasteiger partial charge in [-0.15, -0.1) is 0 Å². The monoisotopic (exact) mass is 209 g/mol. The molecular weight excluding hydrogens is 190 g/mol. The van der Waals surface area contributed by atoms with Crippen molar-refractivity contribution in [1.29, 1.82) is 0 Å². The lowest BCUT2D eigenvalue weighted by molar-refractivity contribution is 0.290. The Labute approximate surface area is 91.1 Å². The third-order valence-corrected chi connectivity index (χ3v) is 2.00. The molecule has 0 aliphatic rings. The molecule has 0 aliphatic heterocycles. The second kappa shape index (κ2) is 6.30.